The highest BCUT2D eigenvalue weighted by Crippen LogP contribution is 2.23. The molecule has 1 saturated heterocycles. The summed E-state index contributed by atoms with van der Waals surface area (Å²) in [6.07, 6.45) is 3.04. The fraction of sp³-hybridized carbons (Fsp3) is 0.500. The molecule has 0 spiro atoms. The Balaban J connectivity index is 2.14. The second-order valence-electron chi connectivity index (χ2n) is 4.79. The third-order valence-electron chi connectivity index (χ3n) is 3.30. The molecule has 6 nitrogen and oxygen atoms in total. The zero-order valence-corrected chi connectivity index (χ0v) is 13.7. The van der Waals surface area contributed by atoms with Crippen molar-refractivity contribution in [2.45, 2.75) is 17.7 Å². The molecule has 1 aliphatic rings. The molecule has 0 radical (unpaired) electrons. The van der Waals surface area contributed by atoms with Gasteiger partial charge in [0.2, 0.25) is 15.9 Å². The summed E-state index contributed by atoms with van der Waals surface area (Å²) in [4.78, 5) is 17.3. The van der Waals surface area contributed by atoms with Crippen LogP contribution in [0.2, 0.25) is 10.2 Å². The molecule has 9 heteroatoms. The molecule has 1 aliphatic heterocycles. The molecule has 1 amide bonds. The lowest BCUT2D eigenvalue weighted by Crippen LogP contribution is -2.39. The first kappa shape index (κ1) is 16.5. The van der Waals surface area contributed by atoms with Gasteiger partial charge in [-0.25, -0.2) is 13.4 Å². The number of hydrogen-bond donors (Lipinski definition) is 0. The minimum atomic E-state index is -3.82. The SMILES string of the molecule is CN(CC(=O)N1CCCC1)S(=O)(=O)c1cnc(Cl)c(Cl)c1. The number of carbonyl (C=O) groups excluding carboxylic acids is 1. The third-order valence-corrected chi connectivity index (χ3v) is 5.75. The number of likely N-dealkylation sites (N-methyl/N-ethyl adjacent to an activating group) is 1. The summed E-state index contributed by atoms with van der Waals surface area (Å²) in [5.41, 5.74) is 0. The second kappa shape index (κ2) is 6.48. The number of likely N-dealkylation sites (tertiary alicyclic amines) is 1. The summed E-state index contributed by atoms with van der Waals surface area (Å²) >= 11 is 11.4. The number of pyridine rings is 1. The van der Waals surface area contributed by atoms with E-state index in [1.807, 2.05) is 0 Å². The summed E-state index contributed by atoms with van der Waals surface area (Å²) in [6, 6.07) is 1.23. The van der Waals surface area contributed by atoms with Crippen LogP contribution in [0.1, 0.15) is 12.8 Å². The van der Waals surface area contributed by atoms with Crippen LogP contribution in [0.15, 0.2) is 17.2 Å². The van der Waals surface area contributed by atoms with Crippen molar-refractivity contribution in [3.05, 3.63) is 22.4 Å². The number of nitrogens with zero attached hydrogens (tertiary/aromatic N) is 3. The predicted octanol–water partition coefficient (Wildman–Crippen LogP) is 1.63. The van der Waals surface area contributed by atoms with Gasteiger partial charge in [-0.1, -0.05) is 23.2 Å². The number of carbonyl (C=O) groups is 1. The second-order valence-corrected chi connectivity index (χ2v) is 7.60. The average molecular weight is 352 g/mol. The predicted molar refractivity (Wildman–Crippen MR) is 79.9 cm³/mol. The van der Waals surface area contributed by atoms with Gasteiger partial charge < -0.3 is 4.90 Å². The number of sulfonamides is 1. The van der Waals surface area contributed by atoms with Gasteiger partial charge in [0, 0.05) is 26.3 Å². The van der Waals surface area contributed by atoms with Crippen molar-refractivity contribution in [2.75, 3.05) is 26.7 Å². The van der Waals surface area contributed by atoms with Crippen LogP contribution in [0.25, 0.3) is 0 Å². The normalized spacial score (nSPS) is 15.7. The van der Waals surface area contributed by atoms with Crippen molar-refractivity contribution in [2.24, 2.45) is 0 Å². The van der Waals surface area contributed by atoms with Crippen LogP contribution in [0.4, 0.5) is 0 Å². The maximum Gasteiger partial charge on any atom is 0.244 e. The average Bonchev–Trinajstić information content (AvgIpc) is 2.95. The lowest BCUT2D eigenvalue weighted by atomic mass is 10.4. The van der Waals surface area contributed by atoms with Crippen LogP contribution >= 0.6 is 23.2 Å². The number of halogens is 2. The van der Waals surface area contributed by atoms with Gasteiger partial charge in [0.05, 0.1) is 11.6 Å². The van der Waals surface area contributed by atoms with Gasteiger partial charge >= 0.3 is 0 Å². The van der Waals surface area contributed by atoms with Crippen molar-refractivity contribution in [3.8, 4) is 0 Å². The van der Waals surface area contributed by atoms with Crippen LogP contribution in [0, 0.1) is 0 Å². The molecule has 0 atom stereocenters. The molecule has 0 aliphatic carbocycles. The summed E-state index contributed by atoms with van der Waals surface area (Å²) in [6.45, 7) is 1.16. The van der Waals surface area contributed by atoms with Crippen LogP contribution < -0.4 is 0 Å². The first-order chi connectivity index (χ1) is 9.82. The zero-order chi connectivity index (χ0) is 15.6. The van der Waals surface area contributed by atoms with Gasteiger partial charge in [0.25, 0.3) is 0 Å². The third kappa shape index (κ3) is 3.66. The Morgan fingerprint density at radius 2 is 2.00 bits per heavy atom. The molecule has 0 unspecified atom stereocenters. The minimum Gasteiger partial charge on any atom is -0.342 e. The van der Waals surface area contributed by atoms with Gasteiger partial charge in [0.15, 0.2) is 0 Å². The Kier molecular flexibility index (Phi) is 5.08. The molecule has 0 aromatic carbocycles. The van der Waals surface area contributed by atoms with E-state index in [-0.39, 0.29) is 27.5 Å². The van der Waals surface area contributed by atoms with E-state index in [1.165, 1.54) is 13.1 Å². The standard InChI is InChI=1S/C12H15Cl2N3O3S/c1-16(8-11(18)17-4-2-3-5-17)21(19,20)9-6-10(13)12(14)15-7-9/h6-7H,2-5,8H2,1H3. The van der Waals surface area contributed by atoms with Crippen LogP contribution in [-0.2, 0) is 14.8 Å². The fourth-order valence-electron chi connectivity index (χ4n) is 2.07. The van der Waals surface area contributed by atoms with E-state index in [0.717, 1.165) is 23.3 Å². The van der Waals surface area contributed by atoms with Gasteiger partial charge in [-0.15, -0.1) is 0 Å². The Morgan fingerprint density at radius 1 is 1.38 bits per heavy atom. The van der Waals surface area contributed by atoms with Crippen molar-refractivity contribution in [3.63, 3.8) is 0 Å². The molecular weight excluding hydrogens is 337 g/mol. The zero-order valence-electron chi connectivity index (χ0n) is 11.4. The number of hydrogen-bond acceptors (Lipinski definition) is 4. The molecule has 0 N–H and O–H groups in total. The Morgan fingerprint density at radius 3 is 2.57 bits per heavy atom. The molecule has 2 rings (SSSR count). The van der Waals surface area contributed by atoms with Crippen molar-refractivity contribution < 1.29 is 13.2 Å². The van der Waals surface area contributed by atoms with Crippen LogP contribution in [0.5, 0.6) is 0 Å². The van der Waals surface area contributed by atoms with Gasteiger partial charge in [-0.2, -0.15) is 4.31 Å². The maximum absolute atomic E-state index is 12.4. The van der Waals surface area contributed by atoms with Gasteiger partial charge in [-0.05, 0) is 18.9 Å². The molecule has 1 fully saturated rings. The van der Waals surface area contributed by atoms with E-state index in [4.69, 9.17) is 23.2 Å². The molecule has 116 valence electrons. The van der Waals surface area contributed by atoms with Crippen LogP contribution in [-0.4, -0.2) is 55.2 Å². The topological polar surface area (TPSA) is 70.6 Å². The first-order valence-corrected chi connectivity index (χ1v) is 8.57. The van der Waals surface area contributed by atoms with Crippen molar-refractivity contribution in [1.29, 1.82) is 0 Å². The van der Waals surface area contributed by atoms with E-state index in [9.17, 15) is 13.2 Å². The summed E-state index contributed by atoms with van der Waals surface area (Å²) in [5.74, 6) is -0.202. The highest BCUT2D eigenvalue weighted by molar-refractivity contribution is 7.89. The lowest BCUT2D eigenvalue weighted by molar-refractivity contribution is -0.130. The Hall–Kier alpha value is -0.890. The number of amides is 1. The van der Waals surface area contributed by atoms with Gasteiger partial charge in [-0.3, -0.25) is 4.79 Å². The van der Waals surface area contributed by atoms with E-state index < -0.39 is 10.0 Å². The highest BCUT2D eigenvalue weighted by atomic mass is 35.5. The lowest BCUT2D eigenvalue weighted by Gasteiger charge is -2.21. The van der Waals surface area contributed by atoms with Crippen molar-refractivity contribution in [1.82, 2.24) is 14.2 Å². The van der Waals surface area contributed by atoms with E-state index in [2.05, 4.69) is 4.98 Å². The Labute approximate surface area is 133 Å². The highest BCUT2D eigenvalue weighted by Gasteiger charge is 2.27. The molecule has 1 aromatic heterocycles. The Bertz CT molecular complexity index is 645. The maximum atomic E-state index is 12.4. The van der Waals surface area contributed by atoms with E-state index >= 15 is 0 Å². The number of rotatable bonds is 4. The first-order valence-electron chi connectivity index (χ1n) is 6.37. The van der Waals surface area contributed by atoms with E-state index in [1.54, 1.807) is 4.90 Å². The molecule has 0 bridgehead atoms. The molecule has 1 aromatic rings. The van der Waals surface area contributed by atoms with Crippen LogP contribution in [0.3, 0.4) is 0 Å². The molecular formula is C12H15Cl2N3O3S. The van der Waals surface area contributed by atoms with E-state index in [0.29, 0.717) is 13.1 Å². The smallest absolute Gasteiger partial charge is 0.244 e. The fourth-order valence-corrected chi connectivity index (χ4v) is 3.49. The molecule has 0 saturated carbocycles. The quantitative estimate of drug-likeness (QED) is 0.773. The summed E-state index contributed by atoms with van der Waals surface area (Å²) in [7, 11) is -2.47. The summed E-state index contributed by atoms with van der Waals surface area (Å²) in [5, 5.41) is 0.0865. The molecule has 2 heterocycles. The number of aromatic nitrogens is 1. The minimum absolute atomic E-state index is 0.0337. The molecule has 21 heavy (non-hydrogen) atoms. The summed E-state index contributed by atoms with van der Waals surface area (Å²) < 4.78 is 25.7. The van der Waals surface area contributed by atoms with Gasteiger partial charge in [0.1, 0.15) is 10.0 Å². The van der Waals surface area contributed by atoms with Crippen molar-refractivity contribution >= 4 is 39.1 Å². The monoisotopic (exact) mass is 351 g/mol. The largest absolute Gasteiger partial charge is 0.342 e.